The van der Waals surface area contributed by atoms with Crippen LogP contribution in [0.5, 0.6) is 0 Å². The molecule has 0 spiro atoms. The first-order valence-electron chi connectivity index (χ1n) is 11.5. The highest BCUT2D eigenvalue weighted by Crippen LogP contribution is 2.34. The van der Waals surface area contributed by atoms with Gasteiger partial charge in [-0.15, -0.1) is 0 Å². The van der Waals surface area contributed by atoms with E-state index < -0.39 is 5.60 Å². The number of benzene rings is 2. The van der Waals surface area contributed by atoms with Gasteiger partial charge in [0.05, 0.1) is 10.6 Å². The van der Waals surface area contributed by atoms with Crippen LogP contribution in [-0.4, -0.2) is 77.9 Å². The predicted molar refractivity (Wildman–Crippen MR) is 140 cm³/mol. The summed E-state index contributed by atoms with van der Waals surface area (Å²) < 4.78 is 0. The molecule has 0 bridgehead atoms. The minimum absolute atomic E-state index is 0. The molecule has 2 aliphatic heterocycles. The molecule has 0 radical (unpaired) electrons. The van der Waals surface area contributed by atoms with Gasteiger partial charge in [0, 0.05) is 52.2 Å². The normalized spacial score (nSPS) is 19.0. The number of carbonyl (C=O) groups is 2. The zero-order chi connectivity index (χ0) is 23.8. The fraction of sp³-hybridized carbons (Fsp3) is 0.462. The Labute approximate surface area is 213 Å². The average molecular weight is 504 g/mol. The Bertz CT molecular complexity index is 1020. The maximum Gasteiger partial charge on any atom is 0.258 e. The van der Waals surface area contributed by atoms with Crippen molar-refractivity contribution in [2.24, 2.45) is 0 Å². The number of amides is 2. The number of hydrogen-bond acceptors (Lipinski definition) is 4. The highest BCUT2D eigenvalue weighted by atomic mass is 35.5. The van der Waals surface area contributed by atoms with Crippen LogP contribution in [0.25, 0.3) is 0 Å². The Kier molecular flexibility index (Phi) is 8.34. The van der Waals surface area contributed by atoms with Crippen LogP contribution in [0, 0.1) is 0 Å². The largest absolute Gasteiger partial charge is 0.376 e. The zero-order valence-corrected chi connectivity index (χ0v) is 21.8. The first kappa shape index (κ1) is 26.5. The molecule has 2 aliphatic rings. The number of piperidine rings is 1. The number of nitrogens with zero attached hydrogens (tertiary/aromatic N) is 3. The van der Waals surface area contributed by atoms with Crippen molar-refractivity contribution >= 4 is 36.9 Å². The van der Waals surface area contributed by atoms with E-state index >= 15 is 0 Å². The van der Waals surface area contributed by atoms with Crippen molar-refractivity contribution in [1.82, 2.24) is 14.7 Å². The Morgan fingerprint density at radius 3 is 2.24 bits per heavy atom. The van der Waals surface area contributed by atoms with Gasteiger partial charge in [-0.2, -0.15) is 13.5 Å². The van der Waals surface area contributed by atoms with Gasteiger partial charge in [-0.25, -0.2) is 0 Å². The molecule has 1 N–H and O–H groups in total. The molecule has 34 heavy (non-hydrogen) atoms. The third-order valence-electron chi connectivity index (χ3n) is 7.03. The molecule has 8 heteroatoms. The maximum absolute atomic E-state index is 13.0. The van der Waals surface area contributed by atoms with E-state index in [0.29, 0.717) is 41.2 Å². The minimum atomic E-state index is -1.50. The summed E-state index contributed by atoms with van der Waals surface area (Å²) in [4.78, 5) is 31.0. The summed E-state index contributed by atoms with van der Waals surface area (Å²) in [6.45, 7) is 4.80. The predicted octanol–water partition coefficient (Wildman–Crippen LogP) is 3.45. The zero-order valence-electron chi connectivity index (χ0n) is 20.0. The van der Waals surface area contributed by atoms with E-state index in [1.807, 2.05) is 36.4 Å². The van der Waals surface area contributed by atoms with Gasteiger partial charge in [-0.3, -0.25) is 14.5 Å². The molecule has 0 saturated carbocycles. The van der Waals surface area contributed by atoms with E-state index in [-0.39, 0.29) is 25.3 Å². The summed E-state index contributed by atoms with van der Waals surface area (Å²) in [5.41, 5.74) is 0.817. The second kappa shape index (κ2) is 10.7. The fourth-order valence-electron chi connectivity index (χ4n) is 4.85. The van der Waals surface area contributed by atoms with Crippen molar-refractivity contribution in [2.75, 3.05) is 40.3 Å². The molecule has 1 atom stereocenters. The Hall–Kier alpha value is -2.06. The van der Waals surface area contributed by atoms with Crippen molar-refractivity contribution in [3.05, 3.63) is 70.2 Å². The van der Waals surface area contributed by atoms with Crippen LogP contribution in [0.15, 0.2) is 48.5 Å². The average Bonchev–Trinajstić information content (AvgIpc) is 2.78. The number of halogens is 1. The Morgan fingerprint density at radius 2 is 1.68 bits per heavy atom. The molecule has 4 rings (SSSR count). The molecule has 0 aromatic heterocycles. The number of likely N-dealkylation sites (tertiary alicyclic amines) is 2. The van der Waals surface area contributed by atoms with Crippen molar-refractivity contribution in [2.45, 2.75) is 37.3 Å². The first-order chi connectivity index (χ1) is 15.7. The lowest BCUT2D eigenvalue weighted by atomic mass is 9.87. The van der Waals surface area contributed by atoms with Gasteiger partial charge in [-0.05, 0) is 43.0 Å². The molecule has 2 fully saturated rings. The third-order valence-corrected chi connectivity index (χ3v) is 7.34. The molecule has 2 amide bonds. The first-order valence-corrected chi connectivity index (χ1v) is 11.9. The molecule has 2 aromatic rings. The van der Waals surface area contributed by atoms with Gasteiger partial charge in [0.25, 0.3) is 11.8 Å². The van der Waals surface area contributed by atoms with E-state index in [1.165, 1.54) is 4.90 Å². The van der Waals surface area contributed by atoms with Crippen LogP contribution in [-0.2, 0) is 10.4 Å². The van der Waals surface area contributed by atoms with Crippen molar-refractivity contribution in [3.8, 4) is 0 Å². The lowest BCUT2D eigenvalue weighted by Crippen LogP contribution is -2.56. The topological polar surface area (TPSA) is 64.1 Å². The minimum Gasteiger partial charge on any atom is -0.376 e. The quantitative estimate of drug-likeness (QED) is 0.678. The summed E-state index contributed by atoms with van der Waals surface area (Å²) >= 11 is 6.39. The second-order valence-corrected chi connectivity index (χ2v) is 9.96. The number of carbonyl (C=O) groups excluding carboxylic acids is 2. The lowest BCUT2D eigenvalue weighted by Gasteiger charge is -2.48. The van der Waals surface area contributed by atoms with Gasteiger partial charge < -0.3 is 14.9 Å². The van der Waals surface area contributed by atoms with Gasteiger partial charge in [0.15, 0.2) is 5.60 Å². The van der Waals surface area contributed by atoms with Crippen LogP contribution in [0.1, 0.15) is 47.2 Å². The number of hydrogen-bond donors (Lipinski definition) is 1. The highest BCUT2D eigenvalue weighted by Gasteiger charge is 2.40. The van der Waals surface area contributed by atoms with Crippen LogP contribution >= 0.6 is 25.1 Å². The molecule has 2 heterocycles. The fourth-order valence-corrected chi connectivity index (χ4v) is 5.12. The van der Waals surface area contributed by atoms with Crippen molar-refractivity contribution < 1.29 is 14.7 Å². The maximum atomic E-state index is 13.0. The van der Waals surface area contributed by atoms with Crippen molar-refractivity contribution in [1.29, 1.82) is 0 Å². The van der Waals surface area contributed by atoms with E-state index in [2.05, 4.69) is 4.90 Å². The number of aliphatic hydroxyl groups is 1. The summed E-state index contributed by atoms with van der Waals surface area (Å²) in [5.74, 6) is 0.0921. The Morgan fingerprint density at radius 1 is 1.06 bits per heavy atom. The van der Waals surface area contributed by atoms with E-state index in [1.54, 1.807) is 38.1 Å². The Balaban J connectivity index is 0.00000324. The van der Waals surface area contributed by atoms with Gasteiger partial charge >= 0.3 is 0 Å². The molecule has 2 saturated heterocycles. The van der Waals surface area contributed by atoms with Crippen LogP contribution in [0.4, 0.5) is 0 Å². The van der Waals surface area contributed by atoms with Gasteiger partial charge in [-0.1, -0.05) is 48.0 Å². The second-order valence-electron chi connectivity index (χ2n) is 9.55. The van der Waals surface area contributed by atoms with Crippen LogP contribution in [0.3, 0.4) is 0 Å². The summed E-state index contributed by atoms with van der Waals surface area (Å²) in [6.07, 6.45) is 1.81. The molecule has 184 valence electrons. The van der Waals surface area contributed by atoms with Gasteiger partial charge in [0.2, 0.25) is 0 Å². The summed E-state index contributed by atoms with van der Waals surface area (Å²) in [5, 5.41) is 11.4. The van der Waals surface area contributed by atoms with Crippen molar-refractivity contribution in [3.63, 3.8) is 0 Å². The summed E-state index contributed by atoms with van der Waals surface area (Å²) in [6, 6.07) is 15.3. The molecule has 6 nitrogen and oxygen atoms in total. The SMILES string of the molecule is CN(C)C(=O)c1ccc(C2CN(C3CCN(C(=O)[C@@](C)(O)c4ccccc4)CC3)C2)cc1Cl.S. The smallest absolute Gasteiger partial charge is 0.258 e. The standard InChI is InChI=1S/C26H32ClN3O3.H2S/c1-26(33,20-7-5-4-6-8-20)25(32)29-13-11-21(12-14-29)30-16-19(17-30)18-9-10-22(23(27)15-18)24(31)28(2)3;/h4-10,15,19,21,33H,11-14,16-17H2,1-3H3;1H2/t26-;/m0./s1. The lowest BCUT2D eigenvalue weighted by molar-refractivity contribution is -0.152. The molecule has 2 aromatic carbocycles. The van der Waals surface area contributed by atoms with Gasteiger partial charge in [0.1, 0.15) is 0 Å². The monoisotopic (exact) mass is 503 g/mol. The molecule has 0 aliphatic carbocycles. The molecular formula is C26H34ClN3O3S. The molecular weight excluding hydrogens is 470 g/mol. The van der Waals surface area contributed by atoms with E-state index in [9.17, 15) is 14.7 Å². The van der Waals surface area contributed by atoms with Crippen LogP contribution in [0.2, 0.25) is 5.02 Å². The number of rotatable bonds is 5. The summed E-state index contributed by atoms with van der Waals surface area (Å²) in [7, 11) is 3.44. The molecule has 0 unspecified atom stereocenters. The third kappa shape index (κ3) is 5.28. The highest BCUT2D eigenvalue weighted by molar-refractivity contribution is 7.59. The van der Waals surface area contributed by atoms with Crippen LogP contribution < -0.4 is 0 Å². The van der Waals surface area contributed by atoms with E-state index in [4.69, 9.17) is 11.6 Å². The van der Waals surface area contributed by atoms with E-state index in [0.717, 1.165) is 31.5 Å².